The second kappa shape index (κ2) is 8.16. The number of furan rings is 1. The first-order valence-corrected chi connectivity index (χ1v) is 9.39. The van der Waals surface area contributed by atoms with Crippen molar-refractivity contribution >= 4 is 11.7 Å². The third-order valence-electron chi connectivity index (χ3n) is 4.57. The van der Waals surface area contributed by atoms with Gasteiger partial charge in [0.1, 0.15) is 5.75 Å². The fraction of sp³-hybridized carbons (Fsp3) is 0.350. The summed E-state index contributed by atoms with van der Waals surface area (Å²) in [6.45, 7) is 3.89. The molecule has 3 aromatic rings. The smallest absolute Gasteiger partial charge is 0.321 e. The fourth-order valence-electron chi connectivity index (χ4n) is 2.88. The normalized spacial score (nSPS) is 14.0. The molecular formula is C20H22N4O4. The molecule has 0 saturated carbocycles. The molecular weight excluding hydrogens is 360 g/mol. The molecule has 0 spiro atoms. The first-order valence-electron chi connectivity index (χ1n) is 9.39. The van der Waals surface area contributed by atoms with Crippen molar-refractivity contribution in [1.82, 2.24) is 15.0 Å². The Labute approximate surface area is 162 Å². The van der Waals surface area contributed by atoms with Gasteiger partial charge in [-0.25, -0.2) is 4.79 Å². The van der Waals surface area contributed by atoms with E-state index in [2.05, 4.69) is 22.4 Å². The summed E-state index contributed by atoms with van der Waals surface area (Å²) in [5, 5.41) is 6.81. The molecule has 1 aliphatic rings. The van der Waals surface area contributed by atoms with Crippen LogP contribution in [0.1, 0.15) is 31.6 Å². The van der Waals surface area contributed by atoms with Crippen molar-refractivity contribution in [2.75, 3.05) is 25.0 Å². The molecule has 1 aliphatic heterocycles. The van der Waals surface area contributed by atoms with Gasteiger partial charge in [-0.1, -0.05) is 18.5 Å². The maximum absolute atomic E-state index is 12.4. The lowest BCUT2D eigenvalue weighted by Gasteiger charge is -2.36. The van der Waals surface area contributed by atoms with E-state index in [-0.39, 0.29) is 11.9 Å². The Morgan fingerprint density at radius 3 is 2.82 bits per heavy atom. The van der Waals surface area contributed by atoms with Gasteiger partial charge in [-0.15, -0.1) is 0 Å². The van der Waals surface area contributed by atoms with E-state index in [1.165, 1.54) is 0 Å². The highest BCUT2D eigenvalue weighted by Crippen LogP contribution is 2.28. The van der Waals surface area contributed by atoms with Gasteiger partial charge in [0.2, 0.25) is 11.7 Å². The van der Waals surface area contributed by atoms with E-state index in [1.807, 2.05) is 24.3 Å². The molecule has 3 heterocycles. The molecule has 1 saturated heterocycles. The maximum Gasteiger partial charge on any atom is 0.321 e. The van der Waals surface area contributed by atoms with Gasteiger partial charge in [0.25, 0.3) is 0 Å². The largest absolute Gasteiger partial charge is 0.494 e. The number of unbranched alkanes of at least 4 members (excludes halogenated alkanes) is 1. The van der Waals surface area contributed by atoms with Crippen LogP contribution in [0.3, 0.4) is 0 Å². The highest BCUT2D eigenvalue weighted by atomic mass is 16.5. The summed E-state index contributed by atoms with van der Waals surface area (Å²) in [6, 6.07) is 10.8. The number of hydrogen-bond acceptors (Lipinski definition) is 6. The number of nitrogens with one attached hydrogen (secondary N) is 1. The number of ether oxygens (including phenoxy) is 1. The summed E-state index contributed by atoms with van der Waals surface area (Å²) in [4.78, 5) is 18.4. The van der Waals surface area contributed by atoms with Crippen molar-refractivity contribution in [3.05, 3.63) is 48.6 Å². The predicted molar refractivity (Wildman–Crippen MR) is 102 cm³/mol. The van der Waals surface area contributed by atoms with Crippen molar-refractivity contribution in [2.45, 2.75) is 25.7 Å². The first kappa shape index (κ1) is 18.1. The average Bonchev–Trinajstić information content (AvgIpc) is 3.34. The monoisotopic (exact) mass is 382 g/mol. The van der Waals surface area contributed by atoms with Gasteiger partial charge in [0, 0.05) is 18.8 Å². The molecule has 1 fully saturated rings. The minimum absolute atomic E-state index is 0.0382. The van der Waals surface area contributed by atoms with Gasteiger partial charge in [0.05, 0.1) is 18.8 Å². The fourth-order valence-corrected chi connectivity index (χ4v) is 2.88. The van der Waals surface area contributed by atoms with Gasteiger partial charge in [-0.3, -0.25) is 0 Å². The minimum Gasteiger partial charge on any atom is -0.494 e. The molecule has 146 valence electrons. The number of carbonyl (C=O) groups is 1. The van der Waals surface area contributed by atoms with Crippen molar-refractivity contribution in [3.63, 3.8) is 0 Å². The third-order valence-corrected chi connectivity index (χ3v) is 4.57. The van der Waals surface area contributed by atoms with E-state index in [1.54, 1.807) is 23.3 Å². The van der Waals surface area contributed by atoms with Gasteiger partial charge in [-0.05, 0) is 42.8 Å². The summed E-state index contributed by atoms with van der Waals surface area (Å²) in [7, 11) is 0. The molecule has 0 aliphatic carbocycles. The average molecular weight is 382 g/mol. The van der Waals surface area contributed by atoms with Crippen molar-refractivity contribution in [2.24, 2.45) is 0 Å². The first-order chi connectivity index (χ1) is 13.7. The predicted octanol–water partition coefficient (Wildman–Crippen LogP) is 4.14. The number of nitrogens with zero attached hydrogens (tertiary/aromatic N) is 3. The summed E-state index contributed by atoms with van der Waals surface area (Å²) in [6.07, 6.45) is 3.68. The zero-order valence-electron chi connectivity index (χ0n) is 15.6. The van der Waals surface area contributed by atoms with Crippen molar-refractivity contribution in [3.8, 4) is 17.3 Å². The maximum atomic E-state index is 12.4. The van der Waals surface area contributed by atoms with Crippen LogP contribution in [0.25, 0.3) is 11.6 Å². The van der Waals surface area contributed by atoms with Crippen molar-refractivity contribution in [1.29, 1.82) is 0 Å². The Morgan fingerprint density at radius 2 is 2.11 bits per heavy atom. The molecule has 0 atom stereocenters. The SMILES string of the molecule is CCCCOc1ccc(NC(=O)N2CC(c3nc(-c4ccco4)no3)C2)cc1. The summed E-state index contributed by atoms with van der Waals surface area (Å²) in [5.41, 5.74) is 0.731. The van der Waals surface area contributed by atoms with Gasteiger partial charge in [0.15, 0.2) is 5.76 Å². The van der Waals surface area contributed by atoms with Crippen LogP contribution in [0.15, 0.2) is 51.6 Å². The summed E-state index contributed by atoms with van der Waals surface area (Å²) >= 11 is 0. The number of amides is 2. The number of anilines is 1. The number of benzene rings is 1. The third kappa shape index (κ3) is 4.00. The molecule has 8 nitrogen and oxygen atoms in total. The lowest BCUT2D eigenvalue weighted by atomic mass is 10.0. The lowest BCUT2D eigenvalue weighted by Crippen LogP contribution is -2.50. The quantitative estimate of drug-likeness (QED) is 0.617. The van der Waals surface area contributed by atoms with Gasteiger partial charge >= 0.3 is 6.03 Å². The van der Waals surface area contributed by atoms with E-state index in [4.69, 9.17) is 13.7 Å². The molecule has 1 N–H and O–H groups in total. The highest BCUT2D eigenvalue weighted by molar-refractivity contribution is 5.90. The molecule has 2 aromatic heterocycles. The zero-order valence-corrected chi connectivity index (χ0v) is 15.6. The van der Waals surface area contributed by atoms with E-state index in [9.17, 15) is 4.79 Å². The Hall–Kier alpha value is -3.29. The molecule has 1 aromatic carbocycles. The van der Waals surface area contributed by atoms with E-state index < -0.39 is 0 Å². The lowest BCUT2D eigenvalue weighted by molar-refractivity contribution is 0.147. The van der Waals surface area contributed by atoms with Crippen LogP contribution in [-0.4, -0.2) is 40.8 Å². The second-order valence-corrected chi connectivity index (χ2v) is 6.69. The minimum atomic E-state index is -0.151. The number of hydrogen-bond donors (Lipinski definition) is 1. The molecule has 0 radical (unpaired) electrons. The molecule has 2 amide bonds. The van der Waals surface area contributed by atoms with Gasteiger partial charge < -0.3 is 23.9 Å². The van der Waals surface area contributed by atoms with Crippen LogP contribution in [0, 0.1) is 0 Å². The van der Waals surface area contributed by atoms with E-state index >= 15 is 0 Å². The van der Waals surface area contributed by atoms with E-state index in [0.29, 0.717) is 37.2 Å². The summed E-state index contributed by atoms with van der Waals surface area (Å²) < 4.78 is 16.2. The number of rotatable bonds is 7. The van der Waals surface area contributed by atoms with Crippen LogP contribution in [0.5, 0.6) is 5.75 Å². The van der Waals surface area contributed by atoms with Crippen LogP contribution in [-0.2, 0) is 0 Å². The number of urea groups is 1. The second-order valence-electron chi connectivity index (χ2n) is 6.69. The Morgan fingerprint density at radius 1 is 1.29 bits per heavy atom. The van der Waals surface area contributed by atoms with Gasteiger partial charge in [-0.2, -0.15) is 4.98 Å². The van der Waals surface area contributed by atoms with E-state index in [0.717, 1.165) is 24.3 Å². The van der Waals surface area contributed by atoms with Crippen LogP contribution < -0.4 is 10.1 Å². The molecule has 28 heavy (non-hydrogen) atoms. The molecule has 0 unspecified atom stereocenters. The zero-order chi connectivity index (χ0) is 19.3. The number of likely N-dealkylation sites (tertiary alicyclic amines) is 1. The number of aromatic nitrogens is 2. The van der Waals surface area contributed by atoms with Crippen molar-refractivity contribution < 1.29 is 18.5 Å². The van der Waals surface area contributed by atoms with Crippen LogP contribution in [0.4, 0.5) is 10.5 Å². The highest BCUT2D eigenvalue weighted by Gasteiger charge is 2.36. The molecule has 8 heteroatoms. The Balaban J connectivity index is 1.26. The Kier molecular flexibility index (Phi) is 5.27. The number of carbonyl (C=O) groups excluding carboxylic acids is 1. The van der Waals surface area contributed by atoms with Crippen LogP contribution in [0.2, 0.25) is 0 Å². The molecule has 0 bridgehead atoms. The molecule has 4 rings (SSSR count). The summed E-state index contributed by atoms with van der Waals surface area (Å²) in [5.74, 6) is 2.34. The standard InChI is InChI=1S/C20H22N4O4/c1-2-3-10-26-16-8-6-15(7-9-16)21-20(25)24-12-14(13-24)19-22-18(23-28-19)17-5-4-11-27-17/h4-9,11,14H,2-3,10,12-13H2,1H3,(H,21,25). The Bertz CT molecular complexity index is 899. The topological polar surface area (TPSA) is 93.6 Å². The van der Waals surface area contributed by atoms with Crippen LogP contribution >= 0.6 is 0 Å².